The number of fused-ring (bicyclic) bond motifs is 2. The van der Waals surface area contributed by atoms with Crippen LogP contribution in [-0.4, -0.2) is 24.0 Å². The van der Waals surface area contributed by atoms with Crippen LogP contribution < -0.4 is 16.4 Å². The van der Waals surface area contributed by atoms with Crippen LogP contribution in [0.15, 0.2) is 34.7 Å². The second-order valence-corrected chi connectivity index (χ2v) is 6.61. The highest BCUT2D eigenvalue weighted by atomic mass is 35.5. The molecule has 23 heavy (non-hydrogen) atoms. The molecule has 2 aliphatic heterocycles. The van der Waals surface area contributed by atoms with Crippen molar-refractivity contribution in [2.45, 2.75) is 37.4 Å². The first-order chi connectivity index (χ1) is 11.1. The van der Waals surface area contributed by atoms with Gasteiger partial charge >= 0.3 is 0 Å². The standard InChI is InChI=1S/C17H18ClN3O2/c18-16-10(2-1-3-11(16)19)14-6-7-15(23-14)17(22)21-13-8-9-4-5-12(13)20-9/h1-3,6-7,9,12-13,20H,4-5,8,19H2,(H,21,22)/t9-,12+,13-/m1/s1. The van der Waals surface area contributed by atoms with Gasteiger partial charge in [0.2, 0.25) is 0 Å². The molecule has 0 aliphatic carbocycles. The third kappa shape index (κ3) is 2.60. The molecule has 5 nitrogen and oxygen atoms in total. The van der Waals surface area contributed by atoms with Crippen molar-refractivity contribution < 1.29 is 9.21 Å². The summed E-state index contributed by atoms with van der Waals surface area (Å²) in [6, 6.07) is 9.89. The van der Waals surface area contributed by atoms with Gasteiger partial charge in [-0.2, -0.15) is 0 Å². The first kappa shape index (κ1) is 14.6. The zero-order chi connectivity index (χ0) is 16.0. The maximum atomic E-state index is 12.4. The lowest BCUT2D eigenvalue weighted by Gasteiger charge is -2.20. The van der Waals surface area contributed by atoms with E-state index in [1.807, 2.05) is 6.07 Å². The zero-order valence-electron chi connectivity index (χ0n) is 12.5. The molecule has 2 fully saturated rings. The molecule has 0 saturated carbocycles. The molecule has 0 unspecified atom stereocenters. The fourth-order valence-corrected chi connectivity index (χ4v) is 3.79. The third-order valence-electron chi connectivity index (χ3n) is 4.74. The molecule has 3 atom stereocenters. The van der Waals surface area contributed by atoms with Crippen molar-refractivity contribution >= 4 is 23.2 Å². The Morgan fingerprint density at radius 3 is 2.91 bits per heavy atom. The number of furan rings is 1. The number of benzene rings is 1. The summed E-state index contributed by atoms with van der Waals surface area (Å²) < 4.78 is 5.69. The largest absolute Gasteiger partial charge is 0.451 e. The second kappa shape index (κ2) is 5.58. The van der Waals surface area contributed by atoms with Gasteiger partial charge in [0.1, 0.15) is 5.76 Å². The van der Waals surface area contributed by atoms with Crippen molar-refractivity contribution in [2.75, 3.05) is 5.73 Å². The molecule has 4 rings (SSSR count). The van der Waals surface area contributed by atoms with Gasteiger partial charge in [0.25, 0.3) is 5.91 Å². The molecule has 3 heterocycles. The van der Waals surface area contributed by atoms with E-state index in [0.717, 1.165) is 12.8 Å². The molecule has 2 bridgehead atoms. The summed E-state index contributed by atoms with van der Waals surface area (Å²) in [4.78, 5) is 12.4. The van der Waals surface area contributed by atoms with E-state index in [1.165, 1.54) is 6.42 Å². The number of halogens is 1. The highest BCUT2D eigenvalue weighted by molar-refractivity contribution is 6.35. The summed E-state index contributed by atoms with van der Waals surface area (Å²) in [6.07, 6.45) is 3.32. The Hall–Kier alpha value is -1.98. The van der Waals surface area contributed by atoms with E-state index < -0.39 is 0 Å². The van der Waals surface area contributed by atoms with E-state index in [0.29, 0.717) is 39.9 Å². The van der Waals surface area contributed by atoms with Crippen molar-refractivity contribution in [3.05, 3.63) is 41.1 Å². The number of anilines is 1. The lowest BCUT2D eigenvalue weighted by atomic mass is 9.95. The molecule has 1 aromatic carbocycles. The number of nitrogens with one attached hydrogen (secondary N) is 2. The molecule has 4 N–H and O–H groups in total. The van der Waals surface area contributed by atoms with Crippen LogP contribution in [0.3, 0.4) is 0 Å². The molecule has 0 spiro atoms. The lowest BCUT2D eigenvalue weighted by Crippen LogP contribution is -2.42. The lowest BCUT2D eigenvalue weighted by molar-refractivity contribution is 0.0903. The van der Waals surface area contributed by atoms with Crippen LogP contribution in [0, 0.1) is 0 Å². The van der Waals surface area contributed by atoms with Crippen molar-refractivity contribution in [1.29, 1.82) is 0 Å². The Labute approximate surface area is 139 Å². The number of nitrogen functional groups attached to an aromatic ring is 1. The number of rotatable bonds is 3. The Morgan fingerprint density at radius 1 is 1.30 bits per heavy atom. The highest BCUT2D eigenvalue weighted by Gasteiger charge is 2.39. The van der Waals surface area contributed by atoms with E-state index in [4.69, 9.17) is 21.8 Å². The summed E-state index contributed by atoms with van der Waals surface area (Å²) in [5, 5.41) is 7.00. The average molecular weight is 332 g/mol. The van der Waals surface area contributed by atoms with Crippen LogP contribution in [0.5, 0.6) is 0 Å². The number of hydrogen-bond donors (Lipinski definition) is 3. The summed E-state index contributed by atoms with van der Waals surface area (Å²) in [7, 11) is 0. The Bertz CT molecular complexity index is 758. The summed E-state index contributed by atoms with van der Waals surface area (Å²) in [6.45, 7) is 0. The van der Waals surface area contributed by atoms with Crippen LogP contribution in [-0.2, 0) is 0 Å². The van der Waals surface area contributed by atoms with Gasteiger partial charge in [-0.1, -0.05) is 17.7 Å². The van der Waals surface area contributed by atoms with Crippen molar-refractivity contribution in [3.63, 3.8) is 0 Å². The monoisotopic (exact) mass is 331 g/mol. The number of amides is 1. The Morgan fingerprint density at radius 2 is 2.17 bits per heavy atom. The molecule has 2 saturated heterocycles. The predicted octanol–water partition coefficient (Wildman–Crippen LogP) is 2.80. The molecule has 2 aliphatic rings. The van der Waals surface area contributed by atoms with Gasteiger partial charge < -0.3 is 20.8 Å². The first-order valence-corrected chi connectivity index (χ1v) is 8.21. The van der Waals surface area contributed by atoms with Gasteiger partial charge in [0, 0.05) is 23.7 Å². The predicted molar refractivity (Wildman–Crippen MR) is 89.4 cm³/mol. The van der Waals surface area contributed by atoms with Crippen LogP contribution in [0.2, 0.25) is 5.02 Å². The summed E-state index contributed by atoms with van der Waals surface area (Å²) >= 11 is 6.20. The molecule has 6 heteroatoms. The SMILES string of the molecule is Nc1cccc(-c2ccc(C(=O)N[C@@H]3C[C@H]4CC[C@@H]3N4)o2)c1Cl. The van der Waals surface area contributed by atoms with Crippen LogP contribution >= 0.6 is 11.6 Å². The number of hydrogen-bond acceptors (Lipinski definition) is 4. The van der Waals surface area contributed by atoms with Crippen LogP contribution in [0.25, 0.3) is 11.3 Å². The number of carbonyl (C=O) groups excluding carboxylic acids is 1. The molecule has 120 valence electrons. The Balaban J connectivity index is 1.51. The van der Waals surface area contributed by atoms with Crippen molar-refractivity contribution in [1.82, 2.24) is 10.6 Å². The highest BCUT2D eigenvalue weighted by Crippen LogP contribution is 2.33. The first-order valence-electron chi connectivity index (χ1n) is 7.83. The van der Waals surface area contributed by atoms with Gasteiger partial charge in [-0.25, -0.2) is 0 Å². The maximum absolute atomic E-state index is 12.4. The van der Waals surface area contributed by atoms with E-state index in [2.05, 4.69) is 10.6 Å². The Kier molecular flexibility index (Phi) is 3.54. The topological polar surface area (TPSA) is 80.3 Å². The smallest absolute Gasteiger partial charge is 0.287 e. The van der Waals surface area contributed by atoms with E-state index in [1.54, 1.807) is 24.3 Å². The normalized spacial score (nSPS) is 25.7. The van der Waals surface area contributed by atoms with Crippen molar-refractivity contribution in [2.24, 2.45) is 0 Å². The average Bonchev–Trinajstić information content (AvgIpc) is 3.25. The molecule has 0 radical (unpaired) electrons. The van der Waals surface area contributed by atoms with Crippen LogP contribution in [0.1, 0.15) is 29.8 Å². The minimum Gasteiger partial charge on any atom is -0.451 e. The van der Waals surface area contributed by atoms with E-state index >= 15 is 0 Å². The quantitative estimate of drug-likeness (QED) is 0.755. The molecule has 1 aromatic heterocycles. The van der Waals surface area contributed by atoms with Gasteiger partial charge in [0.05, 0.1) is 10.7 Å². The fraction of sp³-hybridized carbons (Fsp3) is 0.353. The van der Waals surface area contributed by atoms with E-state index in [9.17, 15) is 4.79 Å². The molecular weight excluding hydrogens is 314 g/mol. The maximum Gasteiger partial charge on any atom is 0.287 e. The third-order valence-corrected chi connectivity index (χ3v) is 5.16. The molecule has 2 aromatic rings. The molecular formula is C17H18ClN3O2. The minimum atomic E-state index is -0.185. The van der Waals surface area contributed by atoms with Crippen molar-refractivity contribution in [3.8, 4) is 11.3 Å². The van der Waals surface area contributed by atoms with Gasteiger partial charge in [-0.05, 0) is 43.5 Å². The van der Waals surface area contributed by atoms with Gasteiger partial charge in [-0.3, -0.25) is 4.79 Å². The van der Waals surface area contributed by atoms with E-state index in [-0.39, 0.29) is 11.9 Å². The zero-order valence-corrected chi connectivity index (χ0v) is 13.3. The second-order valence-electron chi connectivity index (χ2n) is 6.24. The number of carbonyl (C=O) groups is 1. The van der Waals surface area contributed by atoms with Gasteiger partial charge in [0.15, 0.2) is 5.76 Å². The van der Waals surface area contributed by atoms with Gasteiger partial charge in [-0.15, -0.1) is 0 Å². The minimum absolute atomic E-state index is 0.185. The summed E-state index contributed by atoms with van der Waals surface area (Å²) in [5.41, 5.74) is 6.98. The fourth-order valence-electron chi connectivity index (χ4n) is 3.57. The summed E-state index contributed by atoms with van der Waals surface area (Å²) in [5.74, 6) is 0.649. The van der Waals surface area contributed by atoms with Crippen LogP contribution in [0.4, 0.5) is 5.69 Å². The molecule has 1 amide bonds. The number of nitrogens with two attached hydrogens (primary N) is 1.